The van der Waals surface area contributed by atoms with Crippen LogP contribution in [0.4, 0.5) is 17.1 Å². The lowest BCUT2D eigenvalue weighted by molar-refractivity contribution is -0.384. The third-order valence-electron chi connectivity index (χ3n) is 3.60. The molecular formula is C18H15N3O5S3. The fraction of sp³-hybridized carbons (Fsp3) is 0.0556. The van der Waals surface area contributed by atoms with Crippen molar-refractivity contribution in [1.29, 1.82) is 0 Å². The summed E-state index contributed by atoms with van der Waals surface area (Å²) in [6.07, 6.45) is 0. The van der Waals surface area contributed by atoms with E-state index in [0.717, 1.165) is 16.2 Å². The van der Waals surface area contributed by atoms with Crippen LogP contribution in [-0.2, 0) is 14.8 Å². The Morgan fingerprint density at radius 3 is 2.28 bits per heavy atom. The second-order valence-corrected chi connectivity index (χ2v) is 9.61. The number of carbonyl (C=O) groups is 1. The van der Waals surface area contributed by atoms with Gasteiger partial charge in [0.1, 0.15) is 4.21 Å². The Morgan fingerprint density at radius 1 is 1.03 bits per heavy atom. The first-order valence-corrected chi connectivity index (χ1v) is 11.5. The van der Waals surface area contributed by atoms with Crippen molar-refractivity contribution in [2.24, 2.45) is 0 Å². The summed E-state index contributed by atoms with van der Waals surface area (Å²) in [5.41, 5.74) is 0.852. The van der Waals surface area contributed by atoms with Crippen molar-refractivity contribution in [1.82, 2.24) is 0 Å². The van der Waals surface area contributed by atoms with E-state index >= 15 is 0 Å². The Labute approximate surface area is 175 Å². The molecule has 3 rings (SSSR count). The number of nitrogens with one attached hydrogen (secondary N) is 2. The van der Waals surface area contributed by atoms with Crippen molar-refractivity contribution in [2.75, 3.05) is 15.8 Å². The van der Waals surface area contributed by atoms with Crippen LogP contribution < -0.4 is 10.0 Å². The molecule has 1 amide bonds. The lowest BCUT2D eigenvalue weighted by atomic mass is 10.3. The number of nitrogens with zero attached hydrogens (tertiary/aromatic N) is 1. The lowest BCUT2D eigenvalue weighted by Gasteiger charge is -2.08. The molecule has 0 unspecified atom stereocenters. The molecule has 0 aliphatic heterocycles. The zero-order valence-electron chi connectivity index (χ0n) is 14.8. The van der Waals surface area contributed by atoms with E-state index in [1.807, 2.05) is 0 Å². The maximum absolute atomic E-state index is 12.2. The number of anilines is 2. The molecule has 0 saturated carbocycles. The minimum Gasteiger partial charge on any atom is -0.325 e. The van der Waals surface area contributed by atoms with Gasteiger partial charge >= 0.3 is 0 Å². The number of nitro benzene ring substituents is 1. The summed E-state index contributed by atoms with van der Waals surface area (Å²) in [6, 6.07) is 15.5. The molecule has 8 nitrogen and oxygen atoms in total. The monoisotopic (exact) mass is 449 g/mol. The predicted octanol–water partition coefficient (Wildman–Crippen LogP) is 4.19. The first-order valence-electron chi connectivity index (χ1n) is 8.17. The minimum atomic E-state index is -3.60. The van der Waals surface area contributed by atoms with Gasteiger partial charge in [0.15, 0.2) is 0 Å². The van der Waals surface area contributed by atoms with Gasteiger partial charge in [0.2, 0.25) is 5.91 Å². The molecule has 29 heavy (non-hydrogen) atoms. The molecular weight excluding hydrogens is 434 g/mol. The average Bonchev–Trinajstić information content (AvgIpc) is 3.23. The Bertz CT molecular complexity index is 1100. The van der Waals surface area contributed by atoms with Crippen LogP contribution in [0.2, 0.25) is 0 Å². The van der Waals surface area contributed by atoms with Crippen LogP contribution in [-0.4, -0.2) is 25.0 Å². The molecule has 0 atom stereocenters. The van der Waals surface area contributed by atoms with E-state index in [2.05, 4.69) is 10.0 Å². The Balaban J connectivity index is 1.52. The highest BCUT2D eigenvalue weighted by Crippen LogP contribution is 2.24. The van der Waals surface area contributed by atoms with Crippen molar-refractivity contribution in [3.63, 3.8) is 0 Å². The first kappa shape index (κ1) is 20.8. The largest absolute Gasteiger partial charge is 0.325 e. The van der Waals surface area contributed by atoms with E-state index in [1.54, 1.807) is 35.7 Å². The maximum atomic E-state index is 12.2. The molecule has 0 bridgehead atoms. The van der Waals surface area contributed by atoms with Gasteiger partial charge in [-0.05, 0) is 47.8 Å². The van der Waals surface area contributed by atoms with Crippen molar-refractivity contribution in [2.45, 2.75) is 9.10 Å². The van der Waals surface area contributed by atoms with Crippen molar-refractivity contribution in [3.05, 3.63) is 76.2 Å². The Morgan fingerprint density at radius 2 is 1.69 bits per heavy atom. The molecule has 1 aromatic heterocycles. The van der Waals surface area contributed by atoms with Crippen LogP contribution in [0.25, 0.3) is 0 Å². The SMILES string of the molecule is O=C(CSc1ccc(NS(=O)(=O)c2cccs2)cc1)Nc1ccc([N+](=O)[O-])cc1. The number of thioether (sulfide) groups is 1. The summed E-state index contributed by atoms with van der Waals surface area (Å²) in [4.78, 5) is 23.0. The molecule has 0 fully saturated rings. The zero-order valence-corrected chi connectivity index (χ0v) is 17.2. The number of nitro groups is 1. The van der Waals surface area contributed by atoms with Gasteiger partial charge < -0.3 is 5.32 Å². The molecule has 0 saturated heterocycles. The molecule has 3 aromatic rings. The van der Waals surface area contributed by atoms with Crippen LogP contribution in [0.15, 0.2) is 75.1 Å². The second-order valence-electron chi connectivity index (χ2n) is 5.70. The van der Waals surface area contributed by atoms with Gasteiger partial charge in [0.05, 0.1) is 10.7 Å². The minimum absolute atomic E-state index is 0.0489. The van der Waals surface area contributed by atoms with E-state index in [1.165, 1.54) is 42.1 Å². The van der Waals surface area contributed by atoms with Crippen LogP contribution in [0.1, 0.15) is 0 Å². The van der Waals surface area contributed by atoms with Crippen LogP contribution in [0.3, 0.4) is 0 Å². The standard InChI is InChI=1S/C18H15N3O5S3/c22-17(19-13-3-7-15(8-4-13)21(23)24)12-28-16-9-5-14(6-10-16)20-29(25,26)18-2-1-11-27-18/h1-11,20H,12H2,(H,19,22). The van der Waals surface area contributed by atoms with Crippen LogP contribution in [0.5, 0.6) is 0 Å². The number of benzene rings is 2. The van der Waals surface area contributed by atoms with Gasteiger partial charge in [0.25, 0.3) is 15.7 Å². The van der Waals surface area contributed by atoms with E-state index in [4.69, 9.17) is 0 Å². The van der Waals surface area contributed by atoms with Gasteiger partial charge in [-0.3, -0.25) is 19.6 Å². The number of hydrogen-bond donors (Lipinski definition) is 2. The third-order valence-corrected chi connectivity index (χ3v) is 7.39. The van der Waals surface area contributed by atoms with Crippen LogP contribution in [0, 0.1) is 10.1 Å². The first-order chi connectivity index (χ1) is 13.8. The summed E-state index contributed by atoms with van der Waals surface area (Å²) in [5, 5.41) is 15.0. The Hall–Kier alpha value is -2.89. The zero-order chi connectivity index (χ0) is 20.9. The molecule has 150 valence electrons. The number of hydrogen-bond acceptors (Lipinski definition) is 7. The highest BCUT2D eigenvalue weighted by molar-refractivity contribution is 8.00. The van der Waals surface area contributed by atoms with Crippen LogP contribution >= 0.6 is 23.1 Å². The van der Waals surface area contributed by atoms with Gasteiger partial charge in [-0.1, -0.05) is 6.07 Å². The number of amides is 1. The molecule has 1 heterocycles. The molecule has 2 aromatic carbocycles. The number of rotatable bonds is 8. The van der Waals surface area contributed by atoms with E-state index in [-0.39, 0.29) is 21.6 Å². The normalized spacial score (nSPS) is 11.0. The van der Waals surface area contributed by atoms with Gasteiger partial charge in [-0.25, -0.2) is 8.42 Å². The molecule has 0 spiro atoms. The summed E-state index contributed by atoms with van der Waals surface area (Å²) < 4.78 is 27.1. The molecule has 0 aliphatic carbocycles. The summed E-state index contributed by atoms with van der Waals surface area (Å²) in [5.74, 6) is -0.122. The Kier molecular flexibility index (Phi) is 6.52. The lowest BCUT2D eigenvalue weighted by Crippen LogP contribution is -2.14. The number of thiophene rings is 1. The van der Waals surface area contributed by atoms with E-state index in [9.17, 15) is 23.3 Å². The summed E-state index contributed by atoms with van der Waals surface area (Å²) in [7, 11) is -3.60. The quantitative estimate of drug-likeness (QED) is 0.302. The smallest absolute Gasteiger partial charge is 0.271 e. The average molecular weight is 450 g/mol. The summed E-state index contributed by atoms with van der Waals surface area (Å²) in [6.45, 7) is 0. The number of non-ortho nitro benzene ring substituents is 1. The van der Waals surface area contributed by atoms with Gasteiger partial charge in [-0.15, -0.1) is 23.1 Å². The highest BCUT2D eigenvalue weighted by Gasteiger charge is 2.15. The molecule has 0 radical (unpaired) electrons. The van der Waals surface area contributed by atoms with E-state index < -0.39 is 14.9 Å². The maximum Gasteiger partial charge on any atom is 0.271 e. The van der Waals surface area contributed by atoms with Gasteiger partial charge in [-0.2, -0.15) is 0 Å². The second kappa shape index (κ2) is 9.07. The predicted molar refractivity (Wildman–Crippen MR) is 114 cm³/mol. The number of carbonyl (C=O) groups excluding carboxylic acids is 1. The molecule has 0 aliphatic rings. The molecule has 2 N–H and O–H groups in total. The summed E-state index contributed by atoms with van der Waals surface area (Å²) >= 11 is 2.42. The fourth-order valence-corrected chi connectivity index (χ4v) is 5.00. The van der Waals surface area contributed by atoms with Crippen molar-refractivity contribution < 1.29 is 18.1 Å². The molecule has 11 heteroatoms. The third kappa shape index (κ3) is 5.79. The number of sulfonamides is 1. The van der Waals surface area contributed by atoms with Gasteiger partial charge in [0, 0.05) is 28.4 Å². The van der Waals surface area contributed by atoms with Crippen molar-refractivity contribution in [3.8, 4) is 0 Å². The topological polar surface area (TPSA) is 118 Å². The fourth-order valence-electron chi connectivity index (χ4n) is 2.25. The highest BCUT2D eigenvalue weighted by atomic mass is 32.2. The van der Waals surface area contributed by atoms with E-state index in [0.29, 0.717) is 11.4 Å². The van der Waals surface area contributed by atoms with Crippen molar-refractivity contribution >= 4 is 56.1 Å².